The lowest BCUT2D eigenvalue weighted by molar-refractivity contribution is -0.137. The molecule has 1 atom stereocenters. The fourth-order valence-electron chi connectivity index (χ4n) is 2.06. The maximum atomic E-state index is 12.7. The Morgan fingerprint density at radius 2 is 2.04 bits per heavy atom. The lowest BCUT2D eigenvalue weighted by Gasteiger charge is -2.24. The number of rotatable bonds is 4. The molecule has 1 unspecified atom stereocenters. The molecule has 2 aromatic rings. The molecule has 2 amide bonds. The molecule has 7 heteroatoms. The summed E-state index contributed by atoms with van der Waals surface area (Å²) in [6, 6.07) is 8.36. The van der Waals surface area contributed by atoms with Crippen LogP contribution < -0.4 is 5.32 Å². The van der Waals surface area contributed by atoms with Crippen LogP contribution in [0.15, 0.2) is 41.8 Å². The van der Waals surface area contributed by atoms with E-state index in [2.05, 4.69) is 5.32 Å². The van der Waals surface area contributed by atoms with E-state index in [-0.39, 0.29) is 18.6 Å². The number of benzene rings is 1. The fraction of sp³-hybridized carbons (Fsp3) is 0.312. The highest BCUT2D eigenvalue weighted by atomic mass is 32.1. The summed E-state index contributed by atoms with van der Waals surface area (Å²) in [4.78, 5) is 14.7. The van der Waals surface area contributed by atoms with E-state index in [1.807, 2.05) is 24.4 Å². The number of nitrogens with zero attached hydrogens (tertiary/aromatic N) is 1. The van der Waals surface area contributed by atoms with Gasteiger partial charge in [-0.3, -0.25) is 0 Å². The van der Waals surface area contributed by atoms with Crippen LogP contribution in [0.1, 0.15) is 29.0 Å². The van der Waals surface area contributed by atoms with E-state index in [0.29, 0.717) is 5.56 Å². The van der Waals surface area contributed by atoms with Crippen LogP contribution in [0.2, 0.25) is 0 Å². The second-order valence-electron chi connectivity index (χ2n) is 5.16. The van der Waals surface area contributed by atoms with Crippen LogP contribution in [0.4, 0.5) is 18.0 Å². The number of carbonyl (C=O) groups is 1. The maximum absolute atomic E-state index is 12.7. The van der Waals surface area contributed by atoms with Gasteiger partial charge in [0.25, 0.3) is 0 Å². The van der Waals surface area contributed by atoms with Gasteiger partial charge in [-0.1, -0.05) is 18.2 Å². The summed E-state index contributed by atoms with van der Waals surface area (Å²) in [5, 5.41) is 4.58. The van der Waals surface area contributed by atoms with Gasteiger partial charge in [-0.2, -0.15) is 13.2 Å². The Morgan fingerprint density at radius 3 is 2.65 bits per heavy atom. The van der Waals surface area contributed by atoms with E-state index < -0.39 is 11.7 Å². The van der Waals surface area contributed by atoms with Crippen molar-refractivity contribution >= 4 is 17.4 Å². The van der Waals surface area contributed by atoms with Crippen molar-refractivity contribution in [2.45, 2.75) is 25.7 Å². The molecule has 1 N–H and O–H groups in total. The predicted octanol–water partition coefficient (Wildman–Crippen LogP) is 4.67. The zero-order valence-corrected chi connectivity index (χ0v) is 13.5. The summed E-state index contributed by atoms with van der Waals surface area (Å²) in [6.45, 7) is 1.94. The van der Waals surface area contributed by atoms with Gasteiger partial charge in [-0.25, -0.2) is 4.79 Å². The van der Waals surface area contributed by atoms with Crippen molar-refractivity contribution in [2.75, 3.05) is 7.05 Å². The first kappa shape index (κ1) is 17.3. The molecule has 1 aromatic heterocycles. The van der Waals surface area contributed by atoms with Crippen molar-refractivity contribution in [1.29, 1.82) is 0 Å². The minimum Gasteiger partial charge on any atom is -0.334 e. The van der Waals surface area contributed by atoms with E-state index in [4.69, 9.17) is 0 Å². The first-order valence-corrected chi connectivity index (χ1v) is 7.87. The first-order valence-electron chi connectivity index (χ1n) is 6.99. The summed E-state index contributed by atoms with van der Waals surface area (Å²) < 4.78 is 38.0. The van der Waals surface area contributed by atoms with E-state index in [9.17, 15) is 18.0 Å². The van der Waals surface area contributed by atoms with Crippen LogP contribution in [-0.4, -0.2) is 18.0 Å². The Morgan fingerprint density at radius 1 is 1.30 bits per heavy atom. The SMILES string of the molecule is CC(c1cccs1)N(C)C(=O)NCc1cccc(C(F)(F)F)c1. The number of nitrogens with one attached hydrogen (secondary N) is 1. The standard InChI is InChI=1S/C16H17F3N2OS/c1-11(14-7-4-8-23-14)21(2)15(22)20-10-12-5-3-6-13(9-12)16(17,18)19/h3-9,11H,10H2,1-2H3,(H,20,22). The van der Waals surface area contributed by atoms with Crippen molar-refractivity contribution in [2.24, 2.45) is 0 Å². The third-order valence-electron chi connectivity index (χ3n) is 3.55. The maximum Gasteiger partial charge on any atom is 0.416 e. The first-order chi connectivity index (χ1) is 10.8. The third-order valence-corrected chi connectivity index (χ3v) is 4.60. The minimum atomic E-state index is -4.38. The topological polar surface area (TPSA) is 32.3 Å². The highest BCUT2D eigenvalue weighted by Crippen LogP contribution is 2.29. The smallest absolute Gasteiger partial charge is 0.334 e. The number of amides is 2. The van der Waals surface area contributed by atoms with Crippen LogP contribution in [0, 0.1) is 0 Å². The van der Waals surface area contributed by atoms with E-state index in [1.54, 1.807) is 24.5 Å². The Kier molecular flexibility index (Phi) is 5.30. The van der Waals surface area contributed by atoms with Crippen LogP contribution in [0.5, 0.6) is 0 Å². The molecule has 2 rings (SSSR count). The van der Waals surface area contributed by atoms with Crippen LogP contribution >= 0.6 is 11.3 Å². The van der Waals surface area contributed by atoms with Crippen molar-refractivity contribution in [1.82, 2.24) is 10.2 Å². The predicted molar refractivity (Wildman–Crippen MR) is 84.2 cm³/mol. The number of hydrogen-bond acceptors (Lipinski definition) is 2. The third kappa shape index (κ3) is 4.48. The Bertz CT molecular complexity index is 656. The van der Waals surface area contributed by atoms with Gasteiger partial charge in [0.15, 0.2) is 0 Å². The molecular weight excluding hydrogens is 325 g/mol. The molecule has 0 spiro atoms. The Balaban J connectivity index is 1.96. The molecular formula is C16H17F3N2OS. The Hall–Kier alpha value is -2.02. The van der Waals surface area contributed by atoms with Crippen molar-refractivity contribution < 1.29 is 18.0 Å². The molecule has 3 nitrogen and oxygen atoms in total. The van der Waals surface area contributed by atoms with Crippen molar-refractivity contribution in [3.05, 3.63) is 57.8 Å². The normalized spacial score (nSPS) is 12.7. The zero-order chi connectivity index (χ0) is 17.0. The summed E-state index contributed by atoms with van der Waals surface area (Å²) in [5.41, 5.74) is -0.310. The Labute approximate surface area is 136 Å². The average molecular weight is 342 g/mol. The molecule has 0 saturated heterocycles. The zero-order valence-electron chi connectivity index (χ0n) is 12.7. The summed E-state index contributed by atoms with van der Waals surface area (Å²) in [5.74, 6) is 0. The number of alkyl halides is 3. The number of carbonyl (C=O) groups excluding carboxylic acids is 1. The highest BCUT2D eigenvalue weighted by Gasteiger charge is 2.30. The van der Waals surface area contributed by atoms with Gasteiger partial charge < -0.3 is 10.2 Å². The van der Waals surface area contributed by atoms with E-state index in [0.717, 1.165) is 17.0 Å². The monoisotopic (exact) mass is 342 g/mol. The van der Waals surface area contributed by atoms with Crippen molar-refractivity contribution in [3.8, 4) is 0 Å². The van der Waals surface area contributed by atoms with Gasteiger partial charge in [-0.05, 0) is 36.1 Å². The molecule has 0 aliphatic heterocycles. The molecule has 23 heavy (non-hydrogen) atoms. The molecule has 0 bridgehead atoms. The molecule has 0 aliphatic carbocycles. The van der Waals surface area contributed by atoms with Gasteiger partial charge in [0.1, 0.15) is 0 Å². The second kappa shape index (κ2) is 7.04. The number of thiophene rings is 1. The van der Waals surface area contributed by atoms with Gasteiger partial charge >= 0.3 is 12.2 Å². The van der Waals surface area contributed by atoms with Gasteiger partial charge in [-0.15, -0.1) is 11.3 Å². The molecule has 1 heterocycles. The van der Waals surface area contributed by atoms with Crippen LogP contribution in [-0.2, 0) is 12.7 Å². The second-order valence-corrected chi connectivity index (χ2v) is 6.14. The van der Waals surface area contributed by atoms with E-state index in [1.165, 1.54) is 11.0 Å². The lowest BCUT2D eigenvalue weighted by Crippen LogP contribution is -2.38. The quantitative estimate of drug-likeness (QED) is 0.860. The van der Waals surface area contributed by atoms with Crippen LogP contribution in [0.3, 0.4) is 0 Å². The van der Waals surface area contributed by atoms with Crippen molar-refractivity contribution in [3.63, 3.8) is 0 Å². The van der Waals surface area contributed by atoms with E-state index >= 15 is 0 Å². The summed E-state index contributed by atoms with van der Waals surface area (Å²) in [6.07, 6.45) is -4.38. The van der Waals surface area contributed by atoms with Crippen LogP contribution in [0.25, 0.3) is 0 Å². The highest BCUT2D eigenvalue weighted by molar-refractivity contribution is 7.10. The average Bonchev–Trinajstić information content (AvgIpc) is 3.05. The number of urea groups is 1. The van der Waals surface area contributed by atoms with Gasteiger partial charge in [0, 0.05) is 18.5 Å². The van der Waals surface area contributed by atoms with Gasteiger partial charge in [0.05, 0.1) is 11.6 Å². The van der Waals surface area contributed by atoms with Gasteiger partial charge in [0.2, 0.25) is 0 Å². The summed E-state index contributed by atoms with van der Waals surface area (Å²) >= 11 is 1.55. The summed E-state index contributed by atoms with van der Waals surface area (Å²) in [7, 11) is 1.66. The fourth-order valence-corrected chi connectivity index (χ4v) is 2.88. The molecule has 0 aliphatic rings. The lowest BCUT2D eigenvalue weighted by atomic mass is 10.1. The molecule has 0 fully saturated rings. The molecule has 0 radical (unpaired) electrons. The largest absolute Gasteiger partial charge is 0.416 e. The molecule has 124 valence electrons. The minimum absolute atomic E-state index is 0.0459. The number of halogens is 3. The molecule has 0 saturated carbocycles. The number of hydrogen-bond donors (Lipinski definition) is 1. The molecule has 1 aromatic carbocycles.